The van der Waals surface area contributed by atoms with Gasteiger partial charge in [-0.25, -0.2) is 9.59 Å². The summed E-state index contributed by atoms with van der Waals surface area (Å²) in [7, 11) is 0. The third kappa shape index (κ3) is 6.17. The Labute approximate surface area is 118 Å². The topological polar surface area (TPSA) is 88.5 Å². The number of ether oxygens (including phenoxy) is 1. The zero-order valence-electron chi connectivity index (χ0n) is 11.9. The molecule has 0 aliphatic rings. The molecule has 2 N–H and O–H groups in total. The standard InChI is InChI=1S/C14H20N2O4/c1-14(2,3)8-11(12(17)18)16-13(19)20-9-10-6-4-5-7-15-10/h4-7,11H,8-9H2,1-3H3,(H,16,19)(H,17,18)/t11-/m0/s1. The first-order valence-corrected chi connectivity index (χ1v) is 6.34. The lowest BCUT2D eigenvalue weighted by Gasteiger charge is -2.23. The minimum Gasteiger partial charge on any atom is -0.480 e. The van der Waals surface area contributed by atoms with E-state index in [2.05, 4.69) is 10.3 Å². The number of hydrogen-bond donors (Lipinski definition) is 2. The molecular formula is C14H20N2O4. The van der Waals surface area contributed by atoms with Gasteiger partial charge in [0.2, 0.25) is 0 Å². The Morgan fingerprint density at radius 2 is 2.10 bits per heavy atom. The molecule has 0 spiro atoms. The molecule has 0 saturated heterocycles. The monoisotopic (exact) mass is 280 g/mol. The summed E-state index contributed by atoms with van der Waals surface area (Å²) in [6.45, 7) is 5.73. The minimum atomic E-state index is -1.07. The fourth-order valence-electron chi connectivity index (χ4n) is 1.62. The van der Waals surface area contributed by atoms with Gasteiger partial charge in [-0.2, -0.15) is 0 Å². The van der Waals surface area contributed by atoms with Crippen molar-refractivity contribution in [1.29, 1.82) is 0 Å². The predicted octanol–water partition coefficient (Wildman–Crippen LogP) is 2.20. The number of amides is 1. The van der Waals surface area contributed by atoms with E-state index in [0.717, 1.165) is 0 Å². The number of alkyl carbamates (subject to hydrolysis) is 1. The van der Waals surface area contributed by atoms with E-state index in [4.69, 9.17) is 9.84 Å². The van der Waals surface area contributed by atoms with Gasteiger partial charge in [-0.1, -0.05) is 26.8 Å². The van der Waals surface area contributed by atoms with Crippen molar-refractivity contribution in [2.75, 3.05) is 0 Å². The van der Waals surface area contributed by atoms with Crippen LogP contribution in [0.2, 0.25) is 0 Å². The van der Waals surface area contributed by atoms with Crippen LogP contribution in [0.25, 0.3) is 0 Å². The Balaban J connectivity index is 2.48. The summed E-state index contributed by atoms with van der Waals surface area (Å²) in [6.07, 6.45) is 1.16. The first-order valence-electron chi connectivity index (χ1n) is 6.34. The Bertz CT molecular complexity index is 454. The van der Waals surface area contributed by atoms with Crippen LogP contribution < -0.4 is 5.32 Å². The van der Waals surface area contributed by atoms with Gasteiger partial charge < -0.3 is 15.2 Å². The summed E-state index contributed by atoms with van der Waals surface area (Å²) in [5, 5.41) is 11.4. The number of rotatable bonds is 5. The molecule has 0 aliphatic carbocycles. The smallest absolute Gasteiger partial charge is 0.408 e. The molecule has 0 radical (unpaired) electrons. The summed E-state index contributed by atoms with van der Waals surface area (Å²) in [4.78, 5) is 26.7. The molecule has 6 heteroatoms. The van der Waals surface area contributed by atoms with Gasteiger partial charge in [-0.3, -0.25) is 4.98 Å². The third-order valence-electron chi connectivity index (χ3n) is 2.48. The molecule has 0 bridgehead atoms. The fraction of sp³-hybridized carbons (Fsp3) is 0.500. The van der Waals surface area contributed by atoms with E-state index in [-0.39, 0.29) is 12.0 Å². The first kappa shape index (κ1) is 15.9. The molecule has 0 unspecified atom stereocenters. The minimum absolute atomic E-state index is 0.00846. The quantitative estimate of drug-likeness (QED) is 0.863. The van der Waals surface area contributed by atoms with E-state index in [1.165, 1.54) is 0 Å². The van der Waals surface area contributed by atoms with Crippen LogP contribution in [0.3, 0.4) is 0 Å². The van der Waals surface area contributed by atoms with E-state index in [1.54, 1.807) is 24.4 Å². The number of nitrogens with one attached hydrogen (secondary N) is 1. The number of aliphatic carboxylic acids is 1. The molecule has 0 aliphatic heterocycles. The summed E-state index contributed by atoms with van der Waals surface area (Å²) in [5.41, 5.74) is 0.391. The Kier molecular flexibility index (Phi) is 5.49. The second-order valence-corrected chi connectivity index (χ2v) is 5.70. The van der Waals surface area contributed by atoms with E-state index >= 15 is 0 Å². The van der Waals surface area contributed by atoms with Crippen LogP contribution in [0, 0.1) is 5.41 Å². The highest BCUT2D eigenvalue weighted by Gasteiger charge is 2.26. The van der Waals surface area contributed by atoms with E-state index in [9.17, 15) is 9.59 Å². The number of pyridine rings is 1. The molecule has 0 fully saturated rings. The van der Waals surface area contributed by atoms with E-state index in [1.807, 2.05) is 20.8 Å². The van der Waals surface area contributed by atoms with Gasteiger partial charge in [0.1, 0.15) is 12.6 Å². The lowest BCUT2D eigenvalue weighted by Crippen LogP contribution is -2.43. The van der Waals surface area contributed by atoms with Crippen LogP contribution in [0.5, 0.6) is 0 Å². The zero-order valence-corrected chi connectivity index (χ0v) is 11.9. The van der Waals surface area contributed by atoms with Crippen molar-refractivity contribution in [2.45, 2.75) is 39.8 Å². The maximum Gasteiger partial charge on any atom is 0.408 e. The molecule has 1 heterocycles. The van der Waals surface area contributed by atoms with Crippen molar-refractivity contribution in [2.24, 2.45) is 5.41 Å². The highest BCUT2D eigenvalue weighted by molar-refractivity contribution is 5.79. The highest BCUT2D eigenvalue weighted by Crippen LogP contribution is 2.20. The number of hydrogen-bond acceptors (Lipinski definition) is 4. The van der Waals surface area contributed by atoms with Crippen molar-refractivity contribution in [3.05, 3.63) is 30.1 Å². The molecule has 1 aromatic rings. The van der Waals surface area contributed by atoms with E-state index < -0.39 is 18.1 Å². The van der Waals surface area contributed by atoms with Crippen LogP contribution in [0.15, 0.2) is 24.4 Å². The third-order valence-corrected chi connectivity index (χ3v) is 2.48. The molecule has 110 valence electrons. The highest BCUT2D eigenvalue weighted by atomic mass is 16.5. The van der Waals surface area contributed by atoms with Gasteiger partial charge in [-0.15, -0.1) is 0 Å². The maximum absolute atomic E-state index is 11.6. The molecule has 0 aromatic carbocycles. The average Bonchev–Trinajstić information content (AvgIpc) is 2.35. The molecular weight excluding hydrogens is 260 g/mol. The van der Waals surface area contributed by atoms with Gasteiger partial charge in [0, 0.05) is 6.20 Å². The fourth-order valence-corrected chi connectivity index (χ4v) is 1.62. The number of carbonyl (C=O) groups is 2. The van der Waals surface area contributed by atoms with Crippen LogP contribution in [-0.4, -0.2) is 28.2 Å². The van der Waals surface area contributed by atoms with Gasteiger partial charge in [0.05, 0.1) is 5.69 Å². The second kappa shape index (κ2) is 6.88. The average molecular weight is 280 g/mol. The largest absolute Gasteiger partial charge is 0.480 e. The Hall–Kier alpha value is -2.11. The summed E-state index contributed by atoms with van der Waals surface area (Å²) in [6, 6.07) is 4.29. The molecule has 6 nitrogen and oxygen atoms in total. The SMILES string of the molecule is CC(C)(C)C[C@H](NC(=O)OCc1ccccn1)C(=O)O. The van der Waals surface area contributed by atoms with Gasteiger partial charge in [0.15, 0.2) is 0 Å². The zero-order chi connectivity index (χ0) is 15.2. The van der Waals surface area contributed by atoms with E-state index in [0.29, 0.717) is 12.1 Å². The van der Waals surface area contributed by atoms with Crippen molar-refractivity contribution in [3.63, 3.8) is 0 Å². The summed E-state index contributed by atoms with van der Waals surface area (Å²) >= 11 is 0. The number of carbonyl (C=O) groups excluding carboxylic acids is 1. The first-order chi connectivity index (χ1) is 9.28. The number of nitrogens with zero attached hydrogens (tertiary/aromatic N) is 1. The van der Waals surface area contributed by atoms with Gasteiger partial charge in [0.25, 0.3) is 0 Å². The van der Waals surface area contributed by atoms with Crippen LogP contribution in [0.1, 0.15) is 32.9 Å². The van der Waals surface area contributed by atoms with Gasteiger partial charge in [-0.05, 0) is 24.0 Å². The van der Waals surface area contributed by atoms with Crippen LogP contribution in [-0.2, 0) is 16.1 Å². The lowest BCUT2D eigenvalue weighted by molar-refractivity contribution is -0.140. The van der Waals surface area contributed by atoms with Crippen molar-refractivity contribution in [1.82, 2.24) is 10.3 Å². The summed E-state index contributed by atoms with van der Waals surface area (Å²) in [5.74, 6) is -1.07. The van der Waals surface area contributed by atoms with Crippen LogP contribution in [0.4, 0.5) is 4.79 Å². The number of carboxylic acid groups (broad SMARTS) is 1. The Morgan fingerprint density at radius 3 is 2.60 bits per heavy atom. The summed E-state index contributed by atoms with van der Waals surface area (Å²) < 4.78 is 4.95. The Morgan fingerprint density at radius 1 is 1.40 bits per heavy atom. The van der Waals surface area contributed by atoms with Crippen molar-refractivity contribution < 1.29 is 19.4 Å². The van der Waals surface area contributed by atoms with Crippen molar-refractivity contribution in [3.8, 4) is 0 Å². The number of aromatic nitrogens is 1. The predicted molar refractivity (Wildman–Crippen MR) is 73.1 cm³/mol. The normalized spacial score (nSPS) is 12.6. The van der Waals surface area contributed by atoms with Crippen LogP contribution >= 0.6 is 0 Å². The molecule has 0 saturated carbocycles. The molecule has 1 aromatic heterocycles. The van der Waals surface area contributed by atoms with Gasteiger partial charge >= 0.3 is 12.1 Å². The lowest BCUT2D eigenvalue weighted by atomic mass is 9.88. The molecule has 20 heavy (non-hydrogen) atoms. The second-order valence-electron chi connectivity index (χ2n) is 5.70. The number of carboxylic acids is 1. The maximum atomic E-state index is 11.6. The molecule has 1 amide bonds. The molecule has 1 atom stereocenters. The molecule has 1 rings (SSSR count). The van der Waals surface area contributed by atoms with Crippen molar-refractivity contribution >= 4 is 12.1 Å².